The van der Waals surface area contributed by atoms with Gasteiger partial charge in [-0.15, -0.1) is 0 Å². The highest BCUT2D eigenvalue weighted by molar-refractivity contribution is 5.95. The second kappa shape index (κ2) is 5.63. The first-order valence-electron chi connectivity index (χ1n) is 7.22. The summed E-state index contributed by atoms with van der Waals surface area (Å²) in [5, 5.41) is 10.9. The van der Waals surface area contributed by atoms with Crippen molar-refractivity contribution in [3.8, 4) is 0 Å². The lowest BCUT2D eigenvalue weighted by Crippen LogP contribution is -2.33. The van der Waals surface area contributed by atoms with Crippen molar-refractivity contribution >= 4 is 11.6 Å². The Labute approximate surface area is 128 Å². The van der Waals surface area contributed by atoms with E-state index in [2.05, 4.69) is 0 Å². The molecule has 0 aliphatic heterocycles. The van der Waals surface area contributed by atoms with E-state index in [9.17, 15) is 14.9 Å². The molecule has 22 heavy (non-hydrogen) atoms. The number of hydrogen-bond acceptors (Lipinski definition) is 3. The quantitative estimate of drug-likeness (QED) is 0.629. The largest absolute Gasteiger partial charge is 0.353 e. The predicted octanol–water partition coefficient (Wildman–Crippen LogP) is 2.74. The van der Waals surface area contributed by atoms with E-state index in [1.165, 1.54) is 12.1 Å². The molecule has 1 heterocycles. The molecule has 3 rings (SSSR count). The molecule has 0 atom stereocenters. The van der Waals surface area contributed by atoms with E-state index in [1.807, 2.05) is 34.8 Å². The van der Waals surface area contributed by atoms with Gasteiger partial charge in [-0.2, -0.15) is 0 Å². The monoisotopic (exact) mass is 299 g/mol. The Hall–Kier alpha value is -2.63. The second-order valence-corrected chi connectivity index (χ2v) is 5.58. The van der Waals surface area contributed by atoms with Crippen molar-refractivity contribution in [2.24, 2.45) is 7.05 Å². The normalized spacial score (nSPS) is 13.9. The average Bonchev–Trinajstić information content (AvgIpc) is 3.27. The lowest BCUT2D eigenvalue weighted by Gasteiger charge is -2.23. The maximum absolute atomic E-state index is 12.7. The number of carbonyl (C=O) groups excluding carboxylic acids is 1. The van der Waals surface area contributed by atoms with Gasteiger partial charge in [-0.25, -0.2) is 0 Å². The minimum absolute atomic E-state index is 0.0551. The Kier molecular flexibility index (Phi) is 3.66. The number of aryl methyl sites for hydroxylation is 1. The molecule has 1 amide bonds. The van der Waals surface area contributed by atoms with Gasteiger partial charge in [0.15, 0.2) is 0 Å². The smallest absolute Gasteiger partial charge is 0.270 e. The van der Waals surface area contributed by atoms with Crippen molar-refractivity contribution < 1.29 is 9.72 Å². The van der Waals surface area contributed by atoms with Gasteiger partial charge in [-0.1, -0.05) is 6.07 Å². The molecule has 1 saturated carbocycles. The Balaban J connectivity index is 1.85. The highest BCUT2D eigenvalue weighted by atomic mass is 16.6. The molecule has 1 aromatic heterocycles. The number of aromatic nitrogens is 1. The number of amides is 1. The minimum atomic E-state index is -0.477. The van der Waals surface area contributed by atoms with Gasteiger partial charge in [-0.3, -0.25) is 14.9 Å². The second-order valence-electron chi connectivity index (χ2n) is 5.58. The third-order valence-corrected chi connectivity index (χ3v) is 3.94. The SMILES string of the molecule is Cn1cccc1CN(C(=O)c1cccc([N+](=O)[O-])c1)C1CC1. The Morgan fingerprint density at radius 1 is 1.36 bits per heavy atom. The van der Waals surface area contributed by atoms with Gasteiger partial charge < -0.3 is 9.47 Å². The molecular weight excluding hydrogens is 282 g/mol. The molecule has 1 aromatic carbocycles. The maximum Gasteiger partial charge on any atom is 0.270 e. The summed E-state index contributed by atoms with van der Waals surface area (Å²) in [6, 6.07) is 10.1. The Bertz CT molecular complexity index is 719. The summed E-state index contributed by atoms with van der Waals surface area (Å²) in [7, 11) is 1.94. The van der Waals surface area contributed by atoms with Gasteiger partial charge in [0.25, 0.3) is 11.6 Å². The number of nitrogens with zero attached hydrogens (tertiary/aromatic N) is 3. The van der Waals surface area contributed by atoms with Gasteiger partial charge in [0.2, 0.25) is 0 Å². The zero-order valence-corrected chi connectivity index (χ0v) is 12.3. The number of nitro groups is 1. The van der Waals surface area contributed by atoms with Crippen LogP contribution in [-0.4, -0.2) is 26.3 Å². The van der Waals surface area contributed by atoms with Gasteiger partial charge >= 0.3 is 0 Å². The summed E-state index contributed by atoms with van der Waals surface area (Å²) in [5.74, 6) is -0.146. The zero-order chi connectivity index (χ0) is 15.7. The molecule has 114 valence electrons. The summed E-state index contributed by atoms with van der Waals surface area (Å²) >= 11 is 0. The van der Waals surface area contributed by atoms with Gasteiger partial charge in [0.05, 0.1) is 11.5 Å². The van der Waals surface area contributed by atoms with Crippen LogP contribution in [-0.2, 0) is 13.6 Å². The molecule has 0 bridgehead atoms. The zero-order valence-electron chi connectivity index (χ0n) is 12.3. The van der Waals surface area contributed by atoms with Crippen LogP contribution in [0.5, 0.6) is 0 Å². The Morgan fingerprint density at radius 2 is 2.14 bits per heavy atom. The van der Waals surface area contributed by atoms with Crippen LogP contribution < -0.4 is 0 Å². The van der Waals surface area contributed by atoms with Crippen LogP contribution in [0.15, 0.2) is 42.6 Å². The van der Waals surface area contributed by atoms with Crippen LogP contribution in [0.2, 0.25) is 0 Å². The van der Waals surface area contributed by atoms with Crippen molar-refractivity contribution in [1.82, 2.24) is 9.47 Å². The number of rotatable bonds is 5. The molecule has 6 heteroatoms. The summed E-state index contributed by atoms with van der Waals surface area (Å²) in [4.78, 5) is 24.9. The fraction of sp³-hybridized carbons (Fsp3) is 0.312. The highest BCUT2D eigenvalue weighted by Gasteiger charge is 2.33. The van der Waals surface area contributed by atoms with Crippen molar-refractivity contribution in [3.63, 3.8) is 0 Å². The first kappa shape index (κ1) is 14.3. The van der Waals surface area contributed by atoms with Crippen LogP contribution >= 0.6 is 0 Å². The number of nitro benzene ring substituents is 1. The predicted molar refractivity (Wildman–Crippen MR) is 81.4 cm³/mol. The van der Waals surface area contributed by atoms with Crippen molar-refractivity contribution in [1.29, 1.82) is 0 Å². The van der Waals surface area contributed by atoms with Crippen molar-refractivity contribution in [3.05, 3.63) is 64.0 Å². The third kappa shape index (κ3) is 2.86. The van der Waals surface area contributed by atoms with Crippen LogP contribution in [0, 0.1) is 10.1 Å². The molecule has 2 aromatic rings. The summed E-state index contributed by atoms with van der Waals surface area (Å²) in [6.45, 7) is 0.524. The summed E-state index contributed by atoms with van der Waals surface area (Å²) in [6.07, 6.45) is 3.93. The van der Waals surface area contributed by atoms with Gasteiger partial charge in [0.1, 0.15) is 0 Å². The molecule has 0 radical (unpaired) electrons. The maximum atomic E-state index is 12.7. The van der Waals surface area contributed by atoms with Crippen molar-refractivity contribution in [2.45, 2.75) is 25.4 Å². The molecule has 1 aliphatic rings. The van der Waals surface area contributed by atoms with E-state index >= 15 is 0 Å². The van der Waals surface area contributed by atoms with E-state index < -0.39 is 4.92 Å². The molecule has 6 nitrogen and oxygen atoms in total. The Morgan fingerprint density at radius 3 is 2.73 bits per heavy atom. The highest BCUT2D eigenvalue weighted by Crippen LogP contribution is 2.30. The molecule has 1 fully saturated rings. The average molecular weight is 299 g/mol. The van der Waals surface area contributed by atoms with E-state index in [-0.39, 0.29) is 17.6 Å². The number of non-ortho nitro benzene ring substituents is 1. The number of carbonyl (C=O) groups is 1. The molecule has 0 saturated heterocycles. The lowest BCUT2D eigenvalue weighted by molar-refractivity contribution is -0.384. The molecular formula is C16H17N3O3. The standard InChI is InChI=1S/C16H17N3O3/c1-17-9-3-6-15(17)11-18(13-7-8-13)16(20)12-4-2-5-14(10-12)19(21)22/h2-6,9-10,13H,7-8,11H2,1H3. The summed E-state index contributed by atoms with van der Waals surface area (Å²) in [5.41, 5.74) is 1.36. The fourth-order valence-electron chi connectivity index (χ4n) is 2.51. The van der Waals surface area contributed by atoms with Gasteiger partial charge in [0, 0.05) is 42.7 Å². The van der Waals surface area contributed by atoms with Gasteiger partial charge in [-0.05, 0) is 31.0 Å². The molecule has 0 unspecified atom stereocenters. The molecule has 0 N–H and O–H groups in total. The molecule has 0 spiro atoms. The van der Waals surface area contributed by atoms with Crippen LogP contribution in [0.25, 0.3) is 0 Å². The van der Waals surface area contributed by atoms with E-state index in [0.717, 1.165) is 18.5 Å². The minimum Gasteiger partial charge on any atom is -0.353 e. The topological polar surface area (TPSA) is 68.4 Å². The van der Waals surface area contributed by atoms with Crippen LogP contribution in [0.4, 0.5) is 5.69 Å². The third-order valence-electron chi connectivity index (χ3n) is 3.94. The fourth-order valence-corrected chi connectivity index (χ4v) is 2.51. The van der Waals surface area contributed by atoms with E-state index in [0.29, 0.717) is 12.1 Å². The number of benzene rings is 1. The van der Waals surface area contributed by atoms with Crippen molar-refractivity contribution in [2.75, 3.05) is 0 Å². The van der Waals surface area contributed by atoms with Crippen LogP contribution in [0.1, 0.15) is 28.9 Å². The van der Waals surface area contributed by atoms with E-state index in [1.54, 1.807) is 12.1 Å². The first-order chi connectivity index (χ1) is 10.6. The van der Waals surface area contributed by atoms with E-state index in [4.69, 9.17) is 0 Å². The van der Waals surface area contributed by atoms with Crippen LogP contribution in [0.3, 0.4) is 0 Å². The lowest BCUT2D eigenvalue weighted by atomic mass is 10.1. The molecule has 1 aliphatic carbocycles. The number of hydrogen-bond donors (Lipinski definition) is 0. The summed E-state index contributed by atoms with van der Waals surface area (Å²) < 4.78 is 1.98. The first-order valence-corrected chi connectivity index (χ1v) is 7.22.